The summed E-state index contributed by atoms with van der Waals surface area (Å²) in [6, 6.07) is 17.6. The first-order valence-corrected chi connectivity index (χ1v) is 11.3. The van der Waals surface area contributed by atoms with E-state index in [1.54, 1.807) is 4.57 Å². The van der Waals surface area contributed by atoms with Crippen molar-refractivity contribution in [1.29, 1.82) is 0 Å². The molecule has 0 radical (unpaired) electrons. The monoisotopic (exact) mass is 435 g/mol. The first-order valence-electron chi connectivity index (χ1n) is 10.3. The number of hydrogen-bond acceptors (Lipinski definition) is 5. The van der Waals surface area contributed by atoms with Gasteiger partial charge in [-0.25, -0.2) is 0 Å². The van der Waals surface area contributed by atoms with Gasteiger partial charge in [0.25, 0.3) is 5.56 Å². The highest BCUT2D eigenvalue weighted by Crippen LogP contribution is 2.39. The van der Waals surface area contributed by atoms with Crippen molar-refractivity contribution in [3.63, 3.8) is 0 Å². The molecule has 4 rings (SSSR count). The number of carbonyl (C=O) groups excluding carboxylic acids is 1. The van der Waals surface area contributed by atoms with Crippen LogP contribution in [0, 0.1) is 0 Å². The Labute approximate surface area is 185 Å². The van der Waals surface area contributed by atoms with Crippen molar-refractivity contribution in [2.24, 2.45) is 7.05 Å². The Morgan fingerprint density at radius 1 is 1.13 bits per heavy atom. The second-order valence-electron chi connectivity index (χ2n) is 7.80. The Balaban J connectivity index is 1.74. The van der Waals surface area contributed by atoms with Gasteiger partial charge >= 0.3 is 0 Å². The van der Waals surface area contributed by atoms with Crippen LogP contribution in [-0.2, 0) is 17.6 Å². The highest BCUT2D eigenvalue weighted by atomic mass is 32.2. The van der Waals surface area contributed by atoms with E-state index >= 15 is 0 Å². The lowest BCUT2D eigenvalue weighted by Crippen LogP contribution is -2.33. The third-order valence-corrected chi connectivity index (χ3v) is 6.27. The Hall–Kier alpha value is -3.06. The number of hydrogen-bond donors (Lipinski definition) is 1. The predicted octanol–water partition coefficient (Wildman–Crippen LogP) is 4.33. The van der Waals surface area contributed by atoms with Crippen molar-refractivity contribution >= 4 is 23.5 Å². The number of nitrogens with one attached hydrogen (secondary N) is 1. The SMILES string of the molecule is CC(C)Oc1ccccc1[C@@H]1CC(=O)Nc2c1c(=O)nc(SCc1ccccc1)n2C. The van der Waals surface area contributed by atoms with Crippen LogP contribution < -0.4 is 15.6 Å². The van der Waals surface area contributed by atoms with Gasteiger partial charge in [-0.3, -0.25) is 9.59 Å². The molecular weight excluding hydrogens is 410 g/mol. The van der Waals surface area contributed by atoms with E-state index < -0.39 is 5.92 Å². The lowest BCUT2D eigenvalue weighted by Gasteiger charge is -2.28. The predicted molar refractivity (Wildman–Crippen MR) is 123 cm³/mol. The Morgan fingerprint density at radius 2 is 1.84 bits per heavy atom. The number of ether oxygens (including phenoxy) is 1. The number of amides is 1. The molecule has 2 heterocycles. The molecule has 0 aliphatic carbocycles. The minimum absolute atomic E-state index is 0.0178. The molecule has 1 aliphatic heterocycles. The summed E-state index contributed by atoms with van der Waals surface area (Å²) in [4.78, 5) is 30.1. The van der Waals surface area contributed by atoms with E-state index in [9.17, 15) is 9.59 Å². The van der Waals surface area contributed by atoms with Gasteiger partial charge in [-0.15, -0.1) is 0 Å². The molecule has 0 fully saturated rings. The van der Waals surface area contributed by atoms with Crippen LogP contribution in [0.4, 0.5) is 5.82 Å². The molecule has 160 valence electrons. The molecule has 0 bridgehead atoms. The van der Waals surface area contributed by atoms with E-state index in [1.165, 1.54) is 11.8 Å². The zero-order valence-electron chi connectivity index (χ0n) is 17.8. The van der Waals surface area contributed by atoms with E-state index in [0.29, 0.717) is 28.0 Å². The van der Waals surface area contributed by atoms with Gasteiger partial charge in [0.2, 0.25) is 5.91 Å². The summed E-state index contributed by atoms with van der Waals surface area (Å²) in [5.74, 6) is 1.35. The van der Waals surface area contributed by atoms with E-state index in [2.05, 4.69) is 10.3 Å². The van der Waals surface area contributed by atoms with E-state index in [0.717, 1.165) is 11.1 Å². The van der Waals surface area contributed by atoms with Crippen molar-refractivity contribution in [2.45, 2.75) is 43.2 Å². The number of nitrogens with zero attached hydrogens (tertiary/aromatic N) is 2. The molecule has 0 saturated carbocycles. The van der Waals surface area contributed by atoms with Crippen molar-refractivity contribution in [1.82, 2.24) is 9.55 Å². The van der Waals surface area contributed by atoms with Crippen molar-refractivity contribution in [3.05, 3.63) is 81.6 Å². The number of fused-ring (bicyclic) bond motifs is 1. The molecule has 6 nitrogen and oxygen atoms in total. The number of aromatic nitrogens is 2. The van der Waals surface area contributed by atoms with Crippen LogP contribution in [0.15, 0.2) is 64.5 Å². The van der Waals surface area contributed by atoms with Gasteiger partial charge in [0.1, 0.15) is 11.6 Å². The second-order valence-corrected chi connectivity index (χ2v) is 8.75. The van der Waals surface area contributed by atoms with Gasteiger partial charge in [-0.1, -0.05) is 60.3 Å². The molecule has 1 amide bonds. The van der Waals surface area contributed by atoms with Gasteiger partial charge in [-0.2, -0.15) is 4.98 Å². The lowest BCUT2D eigenvalue weighted by atomic mass is 9.86. The molecule has 1 aliphatic rings. The second kappa shape index (κ2) is 8.98. The fourth-order valence-electron chi connectivity index (χ4n) is 3.78. The summed E-state index contributed by atoms with van der Waals surface area (Å²) < 4.78 is 7.77. The molecule has 0 spiro atoms. The maximum absolute atomic E-state index is 13.1. The van der Waals surface area contributed by atoms with E-state index in [-0.39, 0.29) is 24.0 Å². The molecule has 31 heavy (non-hydrogen) atoms. The number of thioether (sulfide) groups is 1. The normalized spacial score (nSPS) is 15.5. The molecule has 2 aromatic carbocycles. The van der Waals surface area contributed by atoms with Crippen molar-refractivity contribution in [2.75, 3.05) is 5.32 Å². The standard InChI is InChI=1S/C24H25N3O3S/c1-15(2)30-19-12-8-7-11-17(19)18-13-20(28)25-22-21(18)23(29)26-24(27(22)3)31-14-16-9-5-4-6-10-16/h4-12,15,18H,13-14H2,1-3H3,(H,25,28)/t18-/m0/s1. The summed E-state index contributed by atoms with van der Waals surface area (Å²) >= 11 is 1.47. The average molecular weight is 436 g/mol. The molecular formula is C24H25N3O3S. The van der Waals surface area contributed by atoms with Crippen LogP contribution in [0.25, 0.3) is 0 Å². The lowest BCUT2D eigenvalue weighted by molar-refractivity contribution is -0.116. The van der Waals surface area contributed by atoms with Crippen LogP contribution in [0.3, 0.4) is 0 Å². The van der Waals surface area contributed by atoms with Crippen LogP contribution in [0.5, 0.6) is 5.75 Å². The summed E-state index contributed by atoms with van der Waals surface area (Å²) in [5, 5.41) is 3.47. The first kappa shape index (κ1) is 21.2. The molecule has 3 aromatic rings. The van der Waals surface area contributed by atoms with Gasteiger partial charge in [0.15, 0.2) is 5.16 Å². The topological polar surface area (TPSA) is 73.2 Å². The molecule has 7 heteroatoms. The third kappa shape index (κ3) is 4.51. The van der Waals surface area contributed by atoms with Crippen molar-refractivity contribution < 1.29 is 9.53 Å². The van der Waals surface area contributed by atoms with Crippen LogP contribution in [-0.4, -0.2) is 21.6 Å². The summed E-state index contributed by atoms with van der Waals surface area (Å²) in [7, 11) is 1.83. The quantitative estimate of drug-likeness (QED) is 0.461. The molecule has 1 atom stereocenters. The van der Waals surface area contributed by atoms with Crippen LogP contribution in [0.1, 0.15) is 42.9 Å². The highest BCUT2D eigenvalue weighted by molar-refractivity contribution is 7.98. The minimum atomic E-state index is -0.405. The van der Waals surface area contributed by atoms with Crippen LogP contribution in [0.2, 0.25) is 0 Å². The number of anilines is 1. The fourth-order valence-corrected chi connectivity index (χ4v) is 4.70. The molecule has 0 saturated heterocycles. The third-order valence-electron chi connectivity index (χ3n) is 5.17. The van der Waals surface area contributed by atoms with Gasteiger partial charge in [-0.05, 0) is 25.5 Å². The number of carbonyl (C=O) groups is 1. The van der Waals surface area contributed by atoms with Gasteiger partial charge in [0.05, 0.1) is 11.7 Å². The zero-order valence-corrected chi connectivity index (χ0v) is 18.6. The minimum Gasteiger partial charge on any atom is -0.491 e. The molecule has 0 unspecified atom stereocenters. The van der Waals surface area contributed by atoms with E-state index in [4.69, 9.17) is 4.74 Å². The fraction of sp³-hybridized carbons (Fsp3) is 0.292. The number of rotatable bonds is 6. The maximum atomic E-state index is 13.1. The highest BCUT2D eigenvalue weighted by Gasteiger charge is 2.33. The number of benzene rings is 2. The summed E-state index contributed by atoms with van der Waals surface area (Å²) in [6.45, 7) is 3.91. The van der Waals surface area contributed by atoms with Gasteiger partial charge in [0, 0.05) is 30.7 Å². The van der Waals surface area contributed by atoms with Crippen LogP contribution >= 0.6 is 11.8 Å². The van der Waals surface area contributed by atoms with Gasteiger partial charge < -0.3 is 14.6 Å². The number of para-hydroxylation sites is 1. The first-order chi connectivity index (χ1) is 14.9. The van der Waals surface area contributed by atoms with Crippen molar-refractivity contribution in [3.8, 4) is 5.75 Å². The Morgan fingerprint density at radius 3 is 2.58 bits per heavy atom. The summed E-state index contributed by atoms with van der Waals surface area (Å²) in [5.41, 5.74) is 2.16. The maximum Gasteiger partial charge on any atom is 0.279 e. The summed E-state index contributed by atoms with van der Waals surface area (Å²) in [6.07, 6.45) is 0.162. The average Bonchev–Trinajstić information content (AvgIpc) is 2.75. The molecule has 1 aromatic heterocycles. The van der Waals surface area contributed by atoms with E-state index in [1.807, 2.05) is 75.5 Å². The largest absolute Gasteiger partial charge is 0.491 e. The molecule has 1 N–H and O–H groups in total. The zero-order chi connectivity index (χ0) is 22.0. The Bertz CT molecular complexity index is 1160. The Kier molecular flexibility index (Phi) is 6.13. The smallest absolute Gasteiger partial charge is 0.279 e.